The molecule has 2 saturated heterocycles. The first-order valence-corrected chi connectivity index (χ1v) is 13.0. The third-order valence-electron chi connectivity index (χ3n) is 7.45. The summed E-state index contributed by atoms with van der Waals surface area (Å²) in [5, 5.41) is 8.93. The molecule has 7 heteroatoms. The maximum atomic E-state index is 13.2. The van der Waals surface area contributed by atoms with E-state index < -0.39 is 0 Å². The highest BCUT2D eigenvalue weighted by Gasteiger charge is 2.30. The van der Waals surface area contributed by atoms with Crippen molar-refractivity contribution in [3.8, 4) is 17.0 Å². The van der Waals surface area contributed by atoms with Crippen LogP contribution >= 0.6 is 0 Å². The Hall–Kier alpha value is -3.45. The smallest absolute Gasteiger partial charge is 0.225 e. The molecule has 2 aliphatic heterocycles. The van der Waals surface area contributed by atoms with Crippen LogP contribution in [0.25, 0.3) is 11.3 Å². The second kappa shape index (κ2) is 11.5. The molecule has 1 amide bonds. The zero-order chi connectivity index (χ0) is 24.7. The molecule has 0 N–H and O–H groups in total. The highest BCUT2D eigenvalue weighted by molar-refractivity contribution is 5.79. The van der Waals surface area contributed by atoms with Gasteiger partial charge in [-0.05, 0) is 49.1 Å². The number of aromatic nitrogens is 2. The fraction of sp³-hybridized carbons (Fsp3) is 0.414. The summed E-state index contributed by atoms with van der Waals surface area (Å²) in [4.78, 5) is 20.0. The molecule has 2 aliphatic rings. The van der Waals surface area contributed by atoms with Gasteiger partial charge >= 0.3 is 0 Å². The normalized spacial score (nSPS) is 17.2. The van der Waals surface area contributed by atoms with E-state index >= 15 is 0 Å². The third kappa shape index (κ3) is 5.68. The molecule has 0 atom stereocenters. The first-order valence-electron chi connectivity index (χ1n) is 13.0. The number of ether oxygens (including phenoxy) is 1. The Labute approximate surface area is 213 Å². The number of rotatable bonds is 7. The zero-order valence-corrected chi connectivity index (χ0v) is 21.1. The van der Waals surface area contributed by atoms with Gasteiger partial charge < -0.3 is 14.5 Å². The molecule has 188 valence electrons. The lowest BCUT2D eigenvalue weighted by molar-refractivity contribution is -0.138. The zero-order valence-electron chi connectivity index (χ0n) is 21.1. The van der Waals surface area contributed by atoms with Crippen molar-refractivity contribution in [1.29, 1.82) is 0 Å². The molecule has 7 nitrogen and oxygen atoms in total. The molecule has 0 spiro atoms. The topological polar surface area (TPSA) is 61.8 Å². The number of nitrogens with zero attached hydrogens (tertiary/aromatic N) is 5. The van der Waals surface area contributed by atoms with Crippen LogP contribution in [0.2, 0.25) is 0 Å². The lowest BCUT2D eigenvalue weighted by Crippen LogP contribution is -2.52. The van der Waals surface area contributed by atoms with Crippen molar-refractivity contribution in [2.24, 2.45) is 5.92 Å². The lowest BCUT2D eigenvalue weighted by atomic mass is 9.95. The summed E-state index contributed by atoms with van der Waals surface area (Å²) < 4.78 is 5.45. The average Bonchev–Trinajstić information content (AvgIpc) is 2.97. The summed E-state index contributed by atoms with van der Waals surface area (Å²) in [5.41, 5.74) is 3.11. The first-order chi connectivity index (χ1) is 17.7. The van der Waals surface area contributed by atoms with Crippen LogP contribution in [-0.4, -0.2) is 78.8 Å². The molecule has 3 aromatic rings. The van der Waals surface area contributed by atoms with Crippen LogP contribution in [0, 0.1) is 5.92 Å². The molecule has 0 saturated carbocycles. The number of hydrogen-bond acceptors (Lipinski definition) is 6. The van der Waals surface area contributed by atoms with E-state index in [0.717, 1.165) is 87.9 Å². The Balaban J connectivity index is 1.08. The molecule has 0 bridgehead atoms. The SMILES string of the molecule is COc1ccccc1-c1ccc(N2CCC(C(=O)N3CCN(CCc4ccccc4)CC3)CC2)nn1. The number of piperazine rings is 1. The third-order valence-corrected chi connectivity index (χ3v) is 7.45. The molecule has 0 unspecified atom stereocenters. The molecule has 2 fully saturated rings. The van der Waals surface area contributed by atoms with Gasteiger partial charge in [0.15, 0.2) is 5.82 Å². The Morgan fingerprint density at radius 2 is 1.58 bits per heavy atom. The molecule has 2 aromatic carbocycles. The van der Waals surface area contributed by atoms with E-state index in [4.69, 9.17) is 4.74 Å². The second-order valence-electron chi connectivity index (χ2n) is 9.64. The van der Waals surface area contributed by atoms with Crippen LogP contribution in [0.4, 0.5) is 5.82 Å². The number of piperidine rings is 1. The minimum atomic E-state index is 0.109. The van der Waals surface area contributed by atoms with Gasteiger partial charge in [0.2, 0.25) is 5.91 Å². The first kappa shape index (κ1) is 24.3. The second-order valence-corrected chi connectivity index (χ2v) is 9.64. The molecule has 1 aromatic heterocycles. The minimum absolute atomic E-state index is 0.109. The number of hydrogen-bond donors (Lipinski definition) is 0. The van der Waals surface area contributed by atoms with Gasteiger partial charge in [0.25, 0.3) is 0 Å². The van der Waals surface area contributed by atoms with E-state index in [2.05, 4.69) is 55.2 Å². The summed E-state index contributed by atoms with van der Waals surface area (Å²) >= 11 is 0. The van der Waals surface area contributed by atoms with Crippen molar-refractivity contribution in [3.63, 3.8) is 0 Å². The van der Waals surface area contributed by atoms with Gasteiger partial charge in [-0.3, -0.25) is 9.69 Å². The van der Waals surface area contributed by atoms with Crippen molar-refractivity contribution < 1.29 is 9.53 Å². The molecule has 3 heterocycles. The van der Waals surface area contributed by atoms with Gasteiger partial charge in [-0.15, -0.1) is 10.2 Å². The fourth-order valence-corrected chi connectivity index (χ4v) is 5.23. The Morgan fingerprint density at radius 3 is 2.28 bits per heavy atom. The maximum absolute atomic E-state index is 13.2. The van der Waals surface area contributed by atoms with E-state index in [0.29, 0.717) is 5.91 Å². The number of para-hydroxylation sites is 1. The van der Waals surface area contributed by atoms with E-state index in [9.17, 15) is 4.79 Å². The van der Waals surface area contributed by atoms with E-state index in [1.807, 2.05) is 36.4 Å². The summed E-state index contributed by atoms with van der Waals surface area (Å²) in [6.45, 7) is 6.32. The molecule has 0 radical (unpaired) electrons. The molecule has 5 rings (SSSR count). The van der Waals surface area contributed by atoms with Crippen LogP contribution < -0.4 is 9.64 Å². The molecular weight excluding hydrogens is 450 g/mol. The number of methoxy groups -OCH3 is 1. The predicted octanol–water partition coefficient (Wildman–Crippen LogP) is 3.76. The average molecular weight is 486 g/mol. The monoisotopic (exact) mass is 485 g/mol. The summed E-state index contributed by atoms with van der Waals surface area (Å²) in [7, 11) is 1.66. The highest BCUT2D eigenvalue weighted by Crippen LogP contribution is 2.29. The molecule has 0 aliphatic carbocycles. The maximum Gasteiger partial charge on any atom is 0.225 e. The lowest BCUT2D eigenvalue weighted by Gasteiger charge is -2.38. The van der Waals surface area contributed by atoms with Gasteiger partial charge in [0.1, 0.15) is 5.75 Å². The summed E-state index contributed by atoms with van der Waals surface area (Å²) in [6, 6.07) is 22.5. The van der Waals surface area contributed by atoms with E-state index in [1.165, 1.54) is 5.56 Å². The van der Waals surface area contributed by atoms with Gasteiger partial charge in [-0.2, -0.15) is 0 Å². The molecule has 36 heavy (non-hydrogen) atoms. The number of carbonyl (C=O) groups excluding carboxylic acids is 1. The van der Waals surface area contributed by atoms with Gasteiger partial charge in [-0.1, -0.05) is 42.5 Å². The predicted molar refractivity (Wildman–Crippen MR) is 142 cm³/mol. The van der Waals surface area contributed by atoms with Crippen LogP contribution in [0.5, 0.6) is 5.75 Å². The van der Waals surface area contributed by atoms with Crippen molar-refractivity contribution in [2.45, 2.75) is 19.3 Å². The number of carbonyl (C=O) groups is 1. The van der Waals surface area contributed by atoms with Gasteiger partial charge in [-0.25, -0.2) is 0 Å². The quantitative estimate of drug-likeness (QED) is 0.508. The number of benzene rings is 2. The van der Waals surface area contributed by atoms with Crippen molar-refractivity contribution in [2.75, 3.05) is 57.8 Å². The summed E-state index contributed by atoms with van der Waals surface area (Å²) in [5.74, 6) is 2.09. The van der Waals surface area contributed by atoms with Gasteiger partial charge in [0, 0.05) is 57.3 Å². The van der Waals surface area contributed by atoms with Gasteiger partial charge in [0.05, 0.1) is 12.8 Å². The van der Waals surface area contributed by atoms with Crippen molar-refractivity contribution in [3.05, 3.63) is 72.3 Å². The number of anilines is 1. The fourth-order valence-electron chi connectivity index (χ4n) is 5.23. The van der Waals surface area contributed by atoms with E-state index in [1.54, 1.807) is 7.11 Å². The minimum Gasteiger partial charge on any atom is -0.496 e. The highest BCUT2D eigenvalue weighted by atomic mass is 16.5. The Morgan fingerprint density at radius 1 is 0.861 bits per heavy atom. The number of amides is 1. The van der Waals surface area contributed by atoms with E-state index in [-0.39, 0.29) is 5.92 Å². The van der Waals surface area contributed by atoms with Crippen molar-refractivity contribution in [1.82, 2.24) is 20.0 Å². The largest absolute Gasteiger partial charge is 0.496 e. The standard InChI is InChI=1S/C29H35N5O2/c1-36-27-10-6-5-9-25(27)26-11-12-28(31-30-26)33-17-14-24(15-18-33)29(35)34-21-19-32(20-22-34)16-13-23-7-3-2-4-8-23/h2-12,24H,13-22H2,1H3. The Bertz CT molecular complexity index is 1120. The summed E-state index contributed by atoms with van der Waals surface area (Å²) in [6.07, 6.45) is 2.79. The van der Waals surface area contributed by atoms with Crippen LogP contribution in [0.1, 0.15) is 18.4 Å². The van der Waals surface area contributed by atoms with Crippen LogP contribution in [0.3, 0.4) is 0 Å². The Kier molecular flexibility index (Phi) is 7.76. The van der Waals surface area contributed by atoms with Crippen LogP contribution in [0.15, 0.2) is 66.7 Å². The van der Waals surface area contributed by atoms with Crippen LogP contribution in [-0.2, 0) is 11.2 Å². The van der Waals surface area contributed by atoms with Crippen molar-refractivity contribution >= 4 is 11.7 Å². The molecular formula is C29H35N5O2.